The van der Waals surface area contributed by atoms with Crippen LogP contribution in [0.15, 0.2) is 66.7 Å². The number of hydrogen-bond acceptors (Lipinski definition) is 5. The van der Waals surface area contributed by atoms with Gasteiger partial charge in [-0.3, -0.25) is 14.4 Å². The van der Waals surface area contributed by atoms with Crippen molar-refractivity contribution in [2.75, 3.05) is 12.1 Å². The lowest BCUT2D eigenvalue weighted by Gasteiger charge is -2.22. The monoisotopic (exact) mass is 487 g/mol. The van der Waals surface area contributed by atoms with Crippen molar-refractivity contribution in [3.05, 3.63) is 89.0 Å². The first-order chi connectivity index (χ1) is 17.3. The summed E-state index contributed by atoms with van der Waals surface area (Å²) in [6.45, 7) is 6.10. The fraction of sp³-hybridized carbons (Fsp3) is 0.250. The second-order valence-electron chi connectivity index (χ2n) is 8.97. The van der Waals surface area contributed by atoms with Crippen LogP contribution >= 0.6 is 0 Å². The number of nitrogens with one attached hydrogen (secondary N) is 3. The van der Waals surface area contributed by atoms with Gasteiger partial charge in [-0.25, -0.2) is 0 Å². The summed E-state index contributed by atoms with van der Waals surface area (Å²) in [4.78, 5) is 38.8. The van der Waals surface area contributed by atoms with E-state index >= 15 is 0 Å². The summed E-state index contributed by atoms with van der Waals surface area (Å²) >= 11 is 0. The predicted octanol–water partition coefficient (Wildman–Crippen LogP) is 4.05. The number of fused-ring (bicyclic) bond motifs is 1. The first kappa shape index (κ1) is 24.8. The predicted molar refractivity (Wildman–Crippen MR) is 136 cm³/mol. The minimum atomic E-state index is -0.788. The highest BCUT2D eigenvalue weighted by Crippen LogP contribution is 2.32. The topological polar surface area (TPSA) is 106 Å². The van der Waals surface area contributed by atoms with E-state index in [1.165, 1.54) is 0 Å². The Morgan fingerprint density at radius 3 is 2.36 bits per heavy atom. The first-order valence-electron chi connectivity index (χ1n) is 11.8. The van der Waals surface area contributed by atoms with Crippen LogP contribution in [0.1, 0.15) is 45.7 Å². The van der Waals surface area contributed by atoms with E-state index < -0.39 is 11.9 Å². The largest absolute Gasteiger partial charge is 0.454 e. The fourth-order valence-corrected chi connectivity index (χ4v) is 3.79. The van der Waals surface area contributed by atoms with Crippen molar-refractivity contribution in [2.24, 2.45) is 5.92 Å². The molecule has 0 saturated heterocycles. The number of para-hydroxylation sites is 1. The van der Waals surface area contributed by atoms with Gasteiger partial charge in [0.15, 0.2) is 11.5 Å². The third-order valence-corrected chi connectivity index (χ3v) is 5.87. The molecular weight excluding hydrogens is 458 g/mol. The van der Waals surface area contributed by atoms with Crippen molar-refractivity contribution >= 4 is 23.4 Å². The second-order valence-corrected chi connectivity index (χ2v) is 8.97. The molecule has 0 spiro atoms. The SMILES string of the molecule is Cc1ccc(C(=O)N[C@H](C(=O)Nc2ccccc2C(=O)NCc2ccc3c(c2)OCO3)C(C)C)cc1. The molecule has 0 unspecified atom stereocenters. The van der Waals surface area contributed by atoms with E-state index in [2.05, 4.69) is 16.0 Å². The highest BCUT2D eigenvalue weighted by atomic mass is 16.7. The summed E-state index contributed by atoms with van der Waals surface area (Å²) in [5, 5.41) is 8.51. The maximum atomic E-state index is 13.2. The van der Waals surface area contributed by atoms with Gasteiger partial charge in [-0.15, -0.1) is 0 Å². The quantitative estimate of drug-likeness (QED) is 0.445. The fourth-order valence-electron chi connectivity index (χ4n) is 3.79. The summed E-state index contributed by atoms with van der Waals surface area (Å²) in [6.07, 6.45) is 0. The maximum absolute atomic E-state index is 13.2. The molecule has 3 N–H and O–H groups in total. The minimum Gasteiger partial charge on any atom is -0.454 e. The van der Waals surface area contributed by atoms with Gasteiger partial charge in [0.25, 0.3) is 11.8 Å². The van der Waals surface area contributed by atoms with Crippen LogP contribution in [0.4, 0.5) is 5.69 Å². The molecule has 0 saturated carbocycles. The van der Waals surface area contributed by atoms with Crippen LogP contribution in [0.25, 0.3) is 0 Å². The lowest BCUT2D eigenvalue weighted by molar-refractivity contribution is -0.118. The zero-order valence-electron chi connectivity index (χ0n) is 20.5. The highest BCUT2D eigenvalue weighted by molar-refractivity contribution is 6.06. The van der Waals surface area contributed by atoms with Gasteiger partial charge in [-0.2, -0.15) is 0 Å². The van der Waals surface area contributed by atoms with Crippen LogP contribution in [-0.2, 0) is 11.3 Å². The van der Waals surface area contributed by atoms with E-state index in [4.69, 9.17) is 9.47 Å². The molecule has 0 radical (unpaired) electrons. The average Bonchev–Trinajstić information content (AvgIpc) is 3.34. The average molecular weight is 488 g/mol. The highest BCUT2D eigenvalue weighted by Gasteiger charge is 2.26. The minimum absolute atomic E-state index is 0.175. The number of ether oxygens (including phenoxy) is 2. The third kappa shape index (κ3) is 5.83. The summed E-state index contributed by atoms with van der Waals surface area (Å²) in [5.74, 6) is 0.0639. The van der Waals surface area contributed by atoms with Gasteiger partial charge < -0.3 is 25.4 Å². The van der Waals surface area contributed by atoms with Crippen molar-refractivity contribution in [3.8, 4) is 11.5 Å². The third-order valence-electron chi connectivity index (χ3n) is 5.87. The molecule has 3 aromatic carbocycles. The van der Waals surface area contributed by atoms with E-state index in [1.807, 2.05) is 45.0 Å². The molecule has 3 aromatic rings. The molecule has 1 aliphatic heterocycles. The first-order valence-corrected chi connectivity index (χ1v) is 11.8. The normalized spacial score (nSPS) is 12.7. The number of anilines is 1. The van der Waals surface area contributed by atoms with Crippen LogP contribution < -0.4 is 25.4 Å². The van der Waals surface area contributed by atoms with E-state index in [-0.39, 0.29) is 31.1 Å². The Hall–Kier alpha value is -4.33. The van der Waals surface area contributed by atoms with Crippen LogP contribution in [-0.4, -0.2) is 30.6 Å². The molecule has 1 aliphatic rings. The zero-order chi connectivity index (χ0) is 25.7. The number of aryl methyl sites for hydroxylation is 1. The molecule has 0 fully saturated rings. The Balaban J connectivity index is 1.42. The number of hydrogen-bond donors (Lipinski definition) is 3. The van der Waals surface area contributed by atoms with E-state index in [1.54, 1.807) is 42.5 Å². The molecule has 8 nitrogen and oxygen atoms in total. The Labute approximate surface area is 210 Å². The van der Waals surface area contributed by atoms with Gasteiger partial charge in [0.05, 0.1) is 11.3 Å². The lowest BCUT2D eigenvalue weighted by atomic mass is 10.0. The number of amides is 3. The van der Waals surface area contributed by atoms with E-state index in [0.29, 0.717) is 28.3 Å². The van der Waals surface area contributed by atoms with Gasteiger partial charge in [0, 0.05) is 12.1 Å². The summed E-state index contributed by atoms with van der Waals surface area (Å²) in [5.41, 5.74) is 3.05. The van der Waals surface area contributed by atoms with Crippen molar-refractivity contribution in [1.82, 2.24) is 10.6 Å². The maximum Gasteiger partial charge on any atom is 0.253 e. The van der Waals surface area contributed by atoms with Crippen molar-refractivity contribution in [1.29, 1.82) is 0 Å². The summed E-state index contributed by atoms with van der Waals surface area (Å²) in [7, 11) is 0. The molecule has 4 rings (SSSR count). The molecule has 8 heteroatoms. The summed E-state index contributed by atoms with van der Waals surface area (Å²) < 4.78 is 10.7. The zero-order valence-corrected chi connectivity index (χ0v) is 20.5. The van der Waals surface area contributed by atoms with Gasteiger partial charge in [-0.1, -0.05) is 49.7 Å². The molecule has 0 bridgehead atoms. The molecule has 36 heavy (non-hydrogen) atoms. The molecular formula is C28H29N3O5. The Morgan fingerprint density at radius 2 is 1.61 bits per heavy atom. The number of rotatable bonds is 8. The molecule has 186 valence electrons. The van der Waals surface area contributed by atoms with Gasteiger partial charge in [0.1, 0.15) is 6.04 Å². The van der Waals surface area contributed by atoms with Gasteiger partial charge in [0.2, 0.25) is 12.7 Å². The molecule has 0 aliphatic carbocycles. The Kier molecular flexibility index (Phi) is 7.53. The van der Waals surface area contributed by atoms with Crippen LogP contribution in [0.3, 0.4) is 0 Å². The van der Waals surface area contributed by atoms with Crippen LogP contribution in [0.2, 0.25) is 0 Å². The number of carbonyl (C=O) groups excluding carboxylic acids is 3. The van der Waals surface area contributed by atoms with E-state index in [9.17, 15) is 14.4 Å². The van der Waals surface area contributed by atoms with Gasteiger partial charge in [-0.05, 0) is 54.8 Å². The van der Waals surface area contributed by atoms with Crippen LogP contribution in [0.5, 0.6) is 11.5 Å². The van der Waals surface area contributed by atoms with E-state index in [0.717, 1.165) is 11.1 Å². The molecule has 1 atom stereocenters. The van der Waals surface area contributed by atoms with Gasteiger partial charge >= 0.3 is 0 Å². The molecule has 0 aromatic heterocycles. The second kappa shape index (κ2) is 10.9. The van der Waals surface area contributed by atoms with Crippen LogP contribution in [0, 0.1) is 12.8 Å². The molecule has 1 heterocycles. The number of benzene rings is 3. The van der Waals surface area contributed by atoms with Crippen molar-refractivity contribution < 1.29 is 23.9 Å². The van der Waals surface area contributed by atoms with Crippen molar-refractivity contribution in [3.63, 3.8) is 0 Å². The Morgan fingerprint density at radius 1 is 0.889 bits per heavy atom. The van der Waals surface area contributed by atoms with Crippen molar-refractivity contribution in [2.45, 2.75) is 33.4 Å². The molecule has 3 amide bonds. The number of carbonyl (C=O) groups is 3. The standard InChI is InChI=1S/C28H29N3O5/c1-17(2)25(31-26(32)20-11-8-18(3)9-12-20)28(34)30-22-7-5-4-6-21(22)27(33)29-15-19-10-13-23-24(14-19)36-16-35-23/h4-14,17,25H,15-16H2,1-3H3,(H,29,33)(H,30,34)(H,31,32)/t25-/m0/s1. The Bertz CT molecular complexity index is 1270. The lowest BCUT2D eigenvalue weighted by Crippen LogP contribution is -2.47. The summed E-state index contributed by atoms with van der Waals surface area (Å²) in [6, 6.07) is 18.6. The smallest absolute Gasteiger partial charge is 0.253 e.